The lowest BCUT2D eigenvalue weighted by Gasteiger charge is -2.27. The Labute approximate surface area is 214 Å². The average molecular weight is 479 g/mol. The summed E-state index contributed by atoms with van der Waals surface area (Å²) in [5.74, 6) is 0. The fourth-order valence-corrected chi connectivity index (χ4v) is 7.90. The zero-order valence-corrected chi connectivity index (χ0v) is 21.0. The van der Waals surface area contributed by atoms with Crippen molar-refractivity contribution in [2.24, 2.45) is 0 Å². The Morgan fingerprint density at radius 1 is 0.556 bits per heavy atom. The quantitative estimate of drug-likeness (QED) is 0.167. The number of fused-ring (bicyclic) bond motifs is 2. The van der Waals surface area contributed by atoms with Gasteiger partial charge in [0.05, 0.1) is 0 Å². The van der Waals surface area contributed by atoms with E-state index in [1.165, 1.54) is 54.1 Å². The Hall–Kier alpha value is -3.99. The van der Waals surface area contributed by atoms with Gasteiger partial charge in [0.2, 0.25) is 0 Å². The highest BCUT2D eigenvalue weighted by molar-refractivity contribution is 7.80. The number of benzene rings is 6. The Morgan fingerprint density at radius 2 is 1.11 bits per heavy atom. The van der Waals surface area contributed by atoms with Gasteiger partial charge in [-0.15, -0.1) is 6.58 Å². The molecule has 172 valence electrons. The lowest BCUT2D eigenvalue weighted by Crippen LogP contribution is -2.25. The van der Waals surface area contributed by atoms with Crippen LogP contribution in [0.15, 0.2) is 146 Å². The fourth-order valence-electron chi connectivity index (χ4n) is 5.24. The summed E-state index contributed by atoms with van der Waals surface area (Å²) in [6.07, 6.45) is 2.88. The van der Waals surface area contributed by atoms with Crippen molar-refractivity contribution in [1.29, 1.82) is 0 Å². The van der Waals surface area contributed by atoms with Crippen LogP contribution < -0.4 is 15.9 Å². The van der Waals surface area contributed by atoms with Crippen LogP contribution in [0.3, 0.4) is 0 Å². The summed E-state index contributed by atoms with van der Waals surface area (Å²) in [5.41, 5.74) is 4.00. The van der Waals surface area contributed by atoms with Crippen molar-refractivity contribution >= 4 is 45.4 Å². The summed E-state index contributed by atoms with van der Waals surface area (Å²) in [6, 6.07) is 48.7. The average Bonchev–Trinajstić information content (AvgIpc) is 2.94. The first-order valence-electron chi connectivity index (χ1n) is 12.4. The third-order valence-electron chi connectivity index (χ3n) is 6.78. The second-order valence-electron chi connectivity index (χ2n) is 9.01. The molecule has 0 spiro atoms. The van der Waals surface area contributed by atoms with E-state index in [2.05, 4.69) is 140 Å². The van der Waals surface area contributed by atoms with E-state index in [1.54, 1.807) is 0 Å². The van der Waals surface area contributed by atoms with Crippen molar-refractivity contribution < 1.29 is 0 Å². The molecular formula is C35H27P. The molecule has 1 heteroatoms. The van der Waals surface area contributed by atoms with E-state index in [4.69, 9.17) is 0 Å². The molecule has 36 heavy (non-hydrogen) atoms. The van der Waals surface area contributed by atoms with Crippen molar-refractivity contribution in [3.8, 4) is 11.1 Å². The number of rotatable bonds is 6. The molecule has 0 saturated carbocycles. The molecule has 6 rings (SSSR count). The van der Waals surface area contributed by atoms with Gasteiger partial charge in [0.15, 0.2) is 0 Å². The molecule has 6 aromatic carbocycles. The van der Waals surface area contributed by atoms with Crippen LogP contribution in [-0.2, 0) is 6.42 Å². The summed E-state index contributed by atoms with van der Waals surface area (Å²) in [4.78, 5) is 0. The minimum absolute atomic E-state index is 0.799. The van der Waals surface area contributed by atoms with Crippen LogP contribution in [-0.4, -0.2) is 0 Å². The zero-order valence-electron chi connectivity index (χ0n) is 20.1. The standard InChI is InChI=1S/C35H27P/c1-2-14-28-25-27-16-10-12-23-32(27)34(33-24-13-17-26-15-9-11-22-31(26)33)35(28)36(29-18-5-3-6-19-29)30-20-7-4-8-21-30/h2-13,15-25H,1,14H2. The maximum Gasteiger partial charge on any atom is -0.00126 e. The molecule has 0 atom stereocenters. The van der Waals surface area contributed by atoms with E-state index in [9.17, 15) is 0 Å². The van der Waals surface area contributed by atoms with Gasteiger partial charge in [0, 0.05) is 0 Å². The smallest absolute Gasteiger partial charge is 0.00126 e. The lowest BCUT2D eigenvalue weighted by molar-refractivity contribution is 1.31. The number of hydrogen-bond acceptors (Lipinski definition) is 0. The number of allylic oxidation sites excluding steroid dienone is 1. The van der Waals surface area contributed by atoms with Crippen LogP contribution in [0, 0.1) is 0 Å². The summed E-state index contributed by atoms with van der Waals surface area (Å²) in [7, 11) is -0.799. The third kappa shape index (κ3) is 4.05. The highest BCUT2D eigenvalue weighted by Gasteiger charge is 2.25. The van der Waals surface area contributed by atoms with E-state index in [0.29, 0.717) is 0 Å². The zero-order chi connectivity index (χ0) is 24.3. The van der Waals surface area contributed by atoms with Crippen molar-refractivity contribution in [3.05, 3.63) is 152 Å². The molecule has 0 aliphatic heterocycles. The van der Waals surface area contributed by atoms with Gasteiger partial charge in [-0.3, -0.25) is 0 Å². The SMILES string of the molecule is C=CCc1cc2ccccc2c(-c2cccc3ccccc23)c1P(c1ccccc1)c1ccccc1. The monoisotopic (exact) mass is 478 g/mol. The number of hydrogen-bond donors (Lipinski definition) is 0. The molecular weight excluding hydrogens is 451 g/mol. The molecule has 0 heterocycles. The normalized spacial score (nSPS) is 11.2. The van der Waals surface area contributed by atoms with Gasteiger partial charge in [0.25, 0.3) is 0 Å². The van der Waals surface area contributed by atoms with Crippen LogP contribution in [0.2, 0.25) is 0 Å². The van der Waals surface area contributed by atoms with Crippen molar-refractivity contribution in [2.75, 3.05) is 0 Å². The largest absolute Gasteiger partial charge is 0.103 e. The second-order valence-corrected chi connectivity index (χ2v) is 11.2. The van der Waals surface area contributed by atoms with Gasteiger partial charge >= 0.3 is 0 Å². The topological polar surface area (TPSA) is 0 Å². The summed E-state index contributed by atoms with van der Waals surface area (Å²) < 4.78 is 0. The Morgan fingerprint density at radius 3 is 1.78 bits per heavy atom. The van der Waals surface area contributed by atoms with Gasteiger partial charge in [-0.25, -0.2) is 0 Å². The van der Waals surface area contributed by atoms with E-state index in [1.807, 2.05) is 6.08 Å². The van der Waals surface area contributed by atoms with Crippen LogP contribution in [0.1, 0.15) is 5.56 Å². The summed E-state index contributed by atoms with van der Waals surface area (Å²) in [6.45, 7) is 4.14. The van der Waals surface area contributed by atoms with Gasteiger partial charge in [-0.2, -0.15) is 0 Å². The van der Waals surface area contributed by atoms with E-state index < -0.39 is 7.92 Å². The Bertz CT molecular complexity index is 1620. The van der Waals surface area contributed by atoms with Crippen molar-refractivity contribution in [3.63, 3.8) is 0 Å². The Balaban J connectivity index is 1.80. The minimum atomic E-state index is -0.799. The molecule has 0 fully saturated rings. The maximum atomic E-state index is 4.14. The molecule has 0 radical (unpaired) electrons. The molecule has 0 aliphatic rings. The van der Waals surface area contributed by atoms with E-state index >= 15 is 0 Å². The molecule has 0 saturated heterocycles. The van der Waals surface area contributed by atoms with Crippen LogP contribution in [0.25, 0.3) is 32.7 Å². The molecule has 0 bridgehead atoms. The lowest BCUT2D eigenvalue weighted by atomic mass is 9.91. The predicted octanol–water partition coefficient (Wildman–Crippen LogP) is 8.15. The van der Waals surface area contributed by atoms with Gasteiger partial charge < -0.3 is 0 Å². The fraction of sp³-hybridized carbons (Fsp3) is 0.0286. The van der Waals surface area contributed by atoms with E-state index in [-0.39, 0.29) is 0 Å². The molecule has 0 amide bonds. The van der Waals surface area contributed by atoms with Crippen LogP contribution in [0.5, 0.6) is 0 Å². The predicted molar refractivity (Wildman–Crippen MR) is 159 cm³/mol. The molecule has 0 N–H and O–H groups in total. The summed E-state index contributed by atoms with van der Waals surface area (Å²) >= 11 is 0. The first-order chi connectivity index (χ1) is 17.8. The maximum absolute atomic E-state index is 4.14. The Kier molecular flexibility index (Phi) is 6.20. The van der Waals surface area contributed by atoms with Gasteiger partial charge in [-0.1, -0.05) is 140 Å². The van der Waals surface area contributed by atoms with Gasteiger partial charge in [0.1, 0.15) is 0 Å². The third-order valence-corrected chi connectivity index (χ3v) is 9.36. The van der Waals surface area contributed by atoms with E-state index in [0.717, 1.165) is 6.42 Å². The van der Waals surface area contributed by atoms with Crippen LogP contribution in [0.4, 0.5) is 0 Å². The second kappa shape index (κ2) is 9.94. The molecule has 0 aliphatic carbocycles. The first kappa shape index (κ1) is 22.5. The van der Waals surface area contributed by atoms with Gasteiger partial charge in [-0.05, 0) is 68.5 Å². The molecule has 0 aromatic heterocycles. The molecule has 6 aromatic rings. The van der Waals surface area contributed by atoms with Crippen molar-refractivity contribution in [1.82, 2.24) is 0 Å². The molecule has 0 unspecified atom stereocenters. The highest BCUT2D eigenvalue weighted by Crippen LogP contribution is 2.43. The van der Waals surface area contributed by atoms with Crippen LogP contribution >= 0.6 is 7.92 Å². The van der Waals surface area contributed by atoms with Crippen molar-refractivity contribution in [2.45, 2.75) is 6.42 Å². The first-order valence-corrected chi connectivity index (χ1v) is 13.7. The minimum Gasteiger partial charge on any atom is -0.103 e. The highest BCUT2D eigenvalue weighted by atomic mass is 31.1. The molecule has 0 nitrogen and oxygen atoms in total. The summed E-state index contributed by atoms with van der Waals surface area (Å²) in [5, 5.41) is 9.29.